The first kappa shape index (κ1) is 18.1. The van der Waals surface area contributed by atoms with Crippen LogP contribution >= 0.6 is 0 Å². The Kier molecular flexibility index (Phi) is 5.37. The number of nitrogens with zero attached hydrogens (tertiary/aromatic N) is 2. The van der Waals surface area contributed by atoms with Gasteiger partial charge in [-0.05, 0) is 31.2 Å². The molecule has 0 spiro atoms. The maximum Gasteiger partial charge on any atom is 0.241 e. The molecule has 0 aromatic heterocycles. The monoisotopic (exact) mass is 361 g/mol. The lowest BCUT2D eigenvalue weighted by atomic mass is 10.2. The zero-order valence-electron chi connectivity index (χ0n) is 14.5. The summed E-state index contributed by atoms with van der Waals surface area (Å²) in [5.74, 6) is -1.97. The minimum Gasteiger partial charge on any atom is -0.506 e. The quantitative estimate of drug-likeness (QED) is 0.879. The van der Waals surface area contributed by atoms with E-state index in [-0.39, 0.29) is 17.3 Å². The molecule has 138 valence electrons. The lowest BCUT2D eigenvalue weighted by Crippen LogP contribution is -2.52. The van der Waals surface area contributed by atoms with Gasteiger partial charge in [-0.25, -0.2) is 8.78 Å². The van der Waals surface area contributed by atoms with E-state index in [0.29, 0.717) is 26.2 Å². The zero-order valence-corrected chi connectivity index (χ0v) is 14.5. The number of hydrogen-bond donors (Lipinski definition) is 2. The van der Waals surface area contributed by atoms with Crippen molar-refractivity contribution >= 4 is 17.3 Å². The van der Waals surface area contributed by atoms with Gasteiger partial charge in [0.15, 0.2) is 11.6 Å². The van der Waals surface area contributed by atoms with Crippen molar-refractivity contribution < 1.29 is 18.7 Å². The third kappa shape index (κ3) is 3.94. The van der Waals surface area contributed by atoms with Gasteiger partial charge in [-0.15, -0.1) is 0 Å². The number of hydrogen-bond acceptors (Lipinski definition) is 4. The van der Waals surface area contributed by atoms with Crippen LogP contribution < -0.4 is 10.2 Å². The average Bonchev–Trinajstić information content (AvgIpc) is 2.65. The van der Waals surface area contributed by atoms with Gasteiger partial charge in [0.2, 0.25) is 5.91 Å². The summed E-state index contributed by atoms with van der Waals surface area (Å²) < 4.78 is 26.2. The van der Waals surface area contributed by atoms with Crippen molar-refractivity contribution in [2.24, 2.45) is 0 Å². The summed E-state index contributed by atoms with van der Waals surface area (Å²) in [6, 6.07) is 10.0. The minimum atomic E-state index is -0.994. The van der Waals surface area contributed by atoms with Gasteiger partial charge in [-0.1, -0.05) is 12.1 Å². The van der Waals surface area contributed by atoms with E-state index in [1.807, 2.05) is 17.0 Å². The van der Waals surface area contributed by atoms with E-state index in [1.54, 1.807) is 19.1 Å². The Morgan fingerprint density at radius 1 is 1.08 bits per heavy atom. The Morgan fingerprint density at radius 2 is 1.77 bits per heavy atom. The van der Waals surface area contributed by atoms with E-state index < -0.39 is 17.7 Å². The van der Waals surface area contributed by atoms with Crippen LogP contribution in [0.4, 0.5) is 20.2 Å². The highest BCUT2D eigenvalue weighted by atomic mass is 19.2. The largest absolute Gasteiger partial charge is 0.506 e. The van der Waals surface area contributed by atoms with Crippen LogP contribution in [0.15, 0.2) is 42.5 Å². The maximum atomic E-state index is 13.3. The Hall–Kier alpha value is -2.67. The molecule has 1 saturated heterocycles. The number of phenols is 1. The Labute approximate surface area is 150 Å². The lowest BCUT2D eigenvalue weighted by Gasteiger charge is -2.38. The van der Waals surface area contributed by atoms with Crippen LogP contribution in [0.2, 0.25) is 0 Å². The highest BCUT2D eigenvalue weighted by Crippen LogP contribution is 2.27. The number of para-hydroxylation sites is 2. The van der Waals surface area contributed by atoms with Crippen molar-refractivity contribution in [3.63, 3.8) is 0 Å². The molecule has 2 aromatic rings. The van der Waals surface area contributed by atoms with E-state index in [0.717, 1.165) is 17.8 Å². The molecule has 1 amide bonds. The molecule has 26 heavy (non-hydrogen) atoms. The molecule has 7 heteroatoms. The first-order chi connectivity index (χ1) is 12.5. The molecular formula is C19H21F2N3O2. The molecule has 2 N–H and O–H groups in total. The number of aromatic hydroxyl groups is 1. The fourth-order valence-corrected chi connectivity index (χ4v) is 3.07. The first-order valence-corrected chi connectivity index (χ1v) is 8.48. The van der Waals surface area contributed by atoms with E-state index in [1.165, 1.54) is 6.07 Å². The number of phenolic OH excluding ortho intramolecular Hbond substituents is 1. The molecular weight excluding hydrogens is 340 g/mol. The summed E-state index contributed by atoms with van der Waals surface area (Å²) in [4.78, 5) is 16.5. The van der Waals surface area contributed by atoms with Crippen LogP contribution in [-0.2, 0) is 4.79 Å². The SMILES string of the molecule is C[C@@H](C(=O)Nc1ccc(F)c(F)c1)N1CCN(c2ccccc2O)CC1. The molecule has 1 aliphatic rings. The third-order valence-electron chi connectivity index (χ3n) is 4.65. The van der Waals surface area contributed by atoms with E-state index in [9.17, 15) is 18.7 Å². The summed E-state index contributed by atoms with van der Waals surface area (Å²) in [5.41, 5.74) is 1.01. The van der Waals surface area contributed by atoms with Crippen molar-refractivity contribution in [3.05, 3.63) is 54.1 Å². The number of amides is 1. The number of halogens is 2. The van der Waals surface area contributed by atoms with Crippen LogP contribution in [0.1, 0.15) is 6.92 Å². The predicted molar refractivity (Wildman–Crippen MR) is 96.3 cm³/mol. The van der Waals surface area contributed by atoms with Gasteiger partial charge >= 0.3 is 0 Å². The Morgan fingerprint density at radius 3 is 2.42 bits per heavy atom. The topological polar surface area (TPSA) is 55.8 Å². The molecule has 2 aromatic carbocycles. The van der Waals surface area contributed by atoms with Crippen molar-refractivity contribution in [1.29, 1.82) is 0 Å². The van der Waals surface area contributed by atoms with Crippen LogP contribution in [0.5, 0.6) is 5.75 Å². The molecule has 1 fully saturated rings. The van der Waals surface area contributed by atoms with Gasteiger partial charge in [0.25, 0.3) is 0 Å². The summed E-state index contributed by atoms with van der Waals surface area (Å²) in [7, 11) is 0. The van der Waals surface area contributed by atoms with Crippen LogP contribution in [0.25, 0.3) is 0 Å². The highest BCUT2D eigenvalue weighted by molar-refractivity contribution is 5.94. The smallest absolute Gasteiger partial charge is 0.241 e. The fourth-order valence-electron chi connectivity index (χ4n) is 3.07. The van der Waals surface area contributed by atoms with E-state index in [2.05, 4.69) is 10.2 Å². The summed E-state index contributed by atoms with van der Waals surface area (Å²) >= 11 is 0. The molecule has 5 nitrogen and oxygen atoms in total. The zero-order chi connectivity index (χ0) is 18.7. The molecule has 0 unspecified atom stereocenters. The van der Waals surface area contributed by atoms with Gasteiger partial charge in [-0.2, -0.15) is 0 Å². The van der Waals surface area contributed by atoms with E-state index in [4.69, 9.17) is 0 Å². The molecule has 1 heterocycles. The van der Waals surface area contributed by atoms with Gasteiger partial charge in [-0.3, -0.25) is 9.69 Å². The summed E-state index contributed by atoms with van der Waals surface area (Å²) in [5, 5.41) is 12.6. The maximum absolute atomic E-state index is 13.3. The average molecular weight is 361 g/mol. The molecule has 1 aliphatic heterocycles. The molecule has 0 aliphatic carbocycles. The van der Waals surface area contributed by atoms with Crippen molar-refractivity contribution in [2.45, 2.75) is 13.0 Å². The van der Waals surface area contributed by atoms with Gasteiger partial charge in [0.05, 0.1) is 11.7 Å². The van der Waals surface area contributed by atoms with Crippen molar-refractivity contribution in [2.75, 3.05) is 36.4 Å². The second kappa shape index (κ2) is 7.70. The fraction of sp³-hybridized carbons (Fsp3) is 0.316. The second-order valence-corrected chi connectivity index (χ2v) is 6.31. The predicted octanol–water partition coefficient (Wildman–Crippen LogP) is 2.82. The van der Waals surface area contributed by atoms with Gasteiger partial charge in [0.1, 0.15) is 5.75 Å². The molecule has 3 rings (SSSR count). The van der Waals surface area contributed by atoms with Gasteiger partial charge < -0.3 is 15.3 Å². The van der Waals surface area contributed by atoms with Crippen LogP contribution in [0.3, 0.4) is 0 Å². The Balaban J connectivity index is 1.57. The summed E-state index contributed by atoms with van der Waals surface area (Å²) in [6.07, 6.45) is 0. The first-order valence-electron chi connectivity index (χ1n) is 8.48. The number of carbonyl (C=O) groups excluding carboxylic acids is 1. The van der Waals surface area contributed by atoms with Crippen molar-refractivity contribution in [3.8, 4) is 5.75 Å². The van der Waals surface area contributed by atoms with Crippen molar-refractivity contribution in [1.82, 2.24) is 4.90 Å². The molecule has 1 atom stereocenters. The molecule has 0 bridgehead atoms. The van der Waals surface area contributed by atoms with Crippen LogP contribution in [-0.4, -0.2) is 48.1 Å². The standard InChI is InChI=1S/C19H21F2N3O2/c1-13(19(26)22-14-6-7-15(20)16(21)12-14)23-8-10-24(11-9-23)17-4-2-3-5-18(17)25/h2-7,12-13,25H,8-11H2,1H3,(H,22,26)/t13-/m0/s1. The number of anilines is 2. The number of nitrogens with one attached hydrogen (secondary N) is 1. The minimum absolute atomic E-state index is 0.230. The number of rotatable bonds is 4. The number of carbonyl (C=O) groups is 1. The van der Waals surface area contributed by atoms with Gasteiger partial charge in [0, 0.05) is 37.9 Å². The number of piperazine rings is 1. The molecule has 0 saturated carbocycles. The molecule has 0 radical (unpaired) electrons. The van der Waals surface area contributed by atoms with E-state index >= 15 is 0 Å². The summed E-state index contributed by atoms with van der Waals surface area (Å²) in [6.45, 7) is 4.45. The highest BCUT2D eigenvalue weighted by Gasteiger charge is 2.26. The third-order valence-corrected chi connectivity index (χ3v) is 4.65. The second-order valence-electron chi connectivity index (χ2n) is 6.31. The Bertz CT molecular complexity index is 792. The normalized spacial score (nSPS) is 16.3. The van der Waals surface area contributed by atoms with Crippen LogP contribution in [0, 0.1) is 11.6 Å². The number of benzene rings is 2. The lowest BCUT2D eigenvalue weighted by molar-refractivity contribution is -0.120.